The average Bonchev–Trinajstić information content (AvgIpc) is 2.40. The summed E-state index contributed by atoms with van der Waals surface area (Å²) in [6.07, 6.45) is 2.13. The number of anilines is 1. The Morgan fingerprint density at radius 1 is 1.45 bits per heavy atom. The van der Waals surface area contributed by atoms with Crippen LogP contribution in [-0.4, -0.2) is 52.0 Å². The van der Waals surface area contributed by atoms with Crippen molar-refractivity contribution in [1.29, 1.82) is 0 Å². The highest BCUT2D eigenvalue weighted by atomic mass is 35.5. The highest BCUT2D eigenvalue weighted by Gasteiger charge is 2.23. The molecule has 0 bridgehead atoms. The van der Waals surface area contributed by atoms with Gasteiger partial charge in [0.05, 0.1) is 6.61 Å². The van der Waals surface area contributed by atoms with Crippen LogP contribution in [0.25, 0.3) is 0 Å². The topological polar surface area (TPSA) is 80.2 Å². The fourth-order valence-electron chi connectivity index (χ4n) is 1.97. The maximum absolute atomic E-state index is 11.4. The van der Waals surface area contributed by atoms with E-state index in [0.29, 0.717) is 25.5 Å². The Morgan fingerprint density at radius 2 is 2.25 bits per heavy atom. The lowest BCUT2D eigenvalue weighted by Crippen LogP contribution is -2.43. The molecule has 0 saturated carbocycles. The number of rotatable bonds is 5. The number of hydrogen-bond donors (Lipinski definition) is 1. The lowest BCUT2D eigenvalue weighted by molar-refractivity contribution is -0.132. The molecule has 8 heteroatoms. The molecule has 1 amide bonds. The number of amides is 1. The molecule has 0 radical (unpaired) electrons. The van der Waals surface area contributed by atoms with Crippen molar-refractivity contribution in [2.45, 2.75) is 32.2 Å². The minimum Gasteiger partial charge on any atom is -0.463 e. The Balaban J connectivity index is 2.01. The van der Waals surface area contributed by atoms with E-state index in [0.717, 1.165) is 12.8 Å². The molecule has 1 fully saturated rings. The Morgan fingerprint density at radius 3 is 2.95 bits per heavy atom. The highest BCUT2D eigenvalue weighted by molar-refractivity contribution is 6.28. The van der Waals surface area contributed by atoms with Crippen molar-refractivity contribution in [2.24, 2.45) is 0 Å². The molecule has 110 valence electrons. The van der Waals surface area contributed by atoms with E-state index in [4.69, 9.17) is 16.3 Å². The summed E-state index contributed by atoms with van der Waals surface area (Å²) in [4.78, 5) is 25.2. The van der Waals surface area contributed by atoms with Gasteiger partial charge in [-0.15, -0.1) is 0 Å². The molecule has 20 heavy (non-hydrogen) atoms. The second kappa shape index (κ2) is 6.69. The number of aromatic nitrogens is 3. The summed E-state index contributed by atoms with van der Waals surface area (Å²) < 4.78 is 5.35. The molecule has 0 aromatic carbocycles. The molecular weight excluding hydrogens is 282 g/mol. The maximum atomic E-state index is 11.4. The van der Waals surface area contributed by atoms with Crippen molar-refractivity contribution in [1.82, 2.24) is 19.9 Å². The van der Waals surface area contributed by atoms with Crippen LogP contribution in [0.2, 0.25) is 5.28 Å². The zero-order chi connectivity index (χ0) is 14.5. The van der Waals surface area contributed by atoms with E-state index >= 15 is 0 Å². The first-order valence-corrected chi connectivity index (χ1v) is 7.01. The molecule has 1 N–H and O–H groups in total. The summed E-state index contributed by atoms with van der Waals surface area (Å²) in [6, 6.07) is 0.324. The van der Waals surface area contributed by atoms with Gasteiger partial charge < -0.3 is 15.0 Å². The molecule has 1 unspecified atom stereocenters. The van der Waals surface area contributed by atoms with Gasteiger partial charge in [-0.05, 0) is 24.4 Å². The number of likely N-dealkylation sites (N-methyl/N-ethyl adjacent to an activating group) is 1. The molecule has 7 nitrogen and oxygen atoms in total. The first-order chi connectivity index (χ1) is 9.58. The molecule has 1 aromatic heterocycles. The number of hydrogen-bond acceptors (Lipinski definition) is 6. The number of carbonyl (C=O) groups is 1. The molecule has 1 saturated heterocycles. The third-order valence-electron chi connectivity index (χ3n) is 2.98. The molecule has 1 aliphatic rings. The van der Waals surface area contributed by atoms with Gasteiger partial charge in [0, 0.05) is 26.1 Å². The lowest BCUT2D eigenvalue weighted by atomic mass is 10.1. The Kier molecular flexibility index (Phi) is 4.94. The second-order valence-corrected chi connectivity index (χ2v) is 5.05. The van der Waals surface area contributed by atoms with Crippen LogP contribution in [0, 0.1) is 0 Å². The summed E-state index contributed by atoms with van der Waals surface area (Å²) in [6.45, 7) is 3.14. The predicted molar refractivity (Wildman–Crippen MR) is 74.9 cm³/mol. The van der Waals surface area contributed by atoms with Gasteiger partial charge in [-0.3, -0.25) is 4.79 Å². The molecule has 2 rings (SSSR count). The fourth-order valence-corrected chi connectivity index (χ4v) is 2.12. The van der Waals surface area contributed by atoms with Crippen LogP contribution in [-0.2, 0) is 4.79 Å². The SMILES string of the molecule is CCCOc1nc(Cl)nc(NC2CCC(=O)N(C)C2)n1. The van der Waals surface area contributed by atoms with Gasteiger partial charge in [0.15, 0.2) is 0 Å². The van der Waals surface area contributed by atoms with Gasteiger partial charge in [-0.25, -0.2) is 0 Å². The van der Waals surface area contributed by atoms with Gasteiger partial charge in [0.2, 0.25) is 17.1 Å². The normalized spacial score (nSPS) is 19.1. The summed E-state index contributed by atoms with van der Waals surface area (Å²) in [7, 11) is 1.78. The predicted octanol–water partition coefficient (Wildman–Crippen LogP) is 1.35. The number of carbonyl (C=O) groups excluding carboxylic acids is 1. The number of piperidine rings is 1. The molecule has 1 aromatic rings. The Bertz CT molecular complexity index is 485. The number of ether oxygens (including phenoxy) is 1. The third-order valence-corrected chi connectivity index (χ3v) is 3.15. The summed E-state index contributed by atoms with van der Waals surface area (Å²) in [5.41, 5.74) is 0. The van der Waals surface area contributed by atoms with Gasteiger partial charge >= 0.3 is 6.01 Å². The number of nitrogens with zero attached hydrogens (tertiary/aromatic N) is 4. The maximum Gasteiger partial charge on any atom is 0.322 e. The van der Waals surface area contributed by atoms with Gasteiger partial charge in [0.1, 0.15) is 0 Å². The van der Waals surface area contributed by atoms with Crippen LogP contribution >= 0.6 is 11.6 Å². The zero-order valence-corrected chi connectivity index (χ0v) is 12.4. The van der Waals surface area contributed by atoms with Crippen LogP contribution in [0.1, 0.15) is 26.2 Å². The van der Waals surface area contributed by atoms with Crippen molar-refractivity contribution >= 4 is 23.5 Å². The number of nitrogens with one attached hydrogen (secondary N) is 1. The minimum atomic E-state index is 0.0915. The van der Waals surface area contributed by atoms with Gasteiger partial charge in [-0.2, -0.15) is 15.0 Å². The van der Waals surface area contributed by atoms with Crippen LogP contribution < -0.4 is 10.1 Å². The smallest absolute Gasteiger partial charge is 0.322 e. The van der Waals surface area contributed by atoms with Crippen LogP contribution in [0.4, 0.5) is 5.95 Å². The van der Waals surface area contributed by atoms with Crippen LogP contribution in [0.3, 0.4) is 0 Å². The summed E-state index contributed by atoms with van der Waals surface area (Å²) in [5.74, 6) is 0.535. The number of likely N-dealkylation sites (tertiary alicyclic amines) is 1. The second-order valence-electron chi connectivity index (χ2n) is 4.71. The van der Waals surface area contributed by atoms with Gasteiger partial charge in [-0.1, -0.05) is 6.92 Å². The minimum absolute atomic E-state index is 0.0915. The zero-order valence-electron chi connectivity index (χ0n) is 11.6. The largest absolute Gasteiger partial charge is 0.463 e. The molecule has 0 aliphatic carbocycles. The van der Waals surface area contributed by atoms with E-state index in [1.165, 1.54) is 0 Å². The molecular formula is C12H18ClN5O2. The molecule has 2 heterocycles. The Hall–Kier alpha value is -1.63. The first-order valence-electron chi connectivity index (χ1n) is 6.63. The van der Waals surface area contributed by atoms with Crippen molar-refractivity contribution in [3.05, 3.63) is 5.28 Å². The lowest BCUT2D eigenvalue weighted by Gasteiger charge is -2.30. The Labute approximate surface area is 122 Å². The van der Waals surface area contributed by atoms with Crippen LogP contribution in [0.15, 0.2) is 0 Å². The van der Waals surface area contributed by atoms with E-state index in [-0.39, 0.29) is 23.2 Å². The monoisotopic (exact) mass is 299 g/mol. The van der Waals surface area contributed by atoms with E-state index in [1.54, 1.807) is 11.9 Å². The molecule has 0 spiro atoms. The summed E-state index contributed by atoms with van der Waals surface area (Å²) in [5, 5.41) is 3.26. The quantitative estimate of drug-likeness (QED) is 0.884. The van der Waals surface area contributed by atoms with E-state index in [9.17, 15) is 4.79 Å². The standard InChI is InChI=1S/C12H18ClN5O2/c1-3-6-20-12-16-10(13)15-11(17-12)14-8-4-5-9(19)18(2)7-8/h8H,3-7H2,1-2H3,(H,14,15,16,17). The van der Waals surface area contributed by atoms with Crippen molar-refractivity contribution in [3.63, 3.8) is 0 Å². The fraction of sp³-hybridized carbons (Fsp3) is 0.667. The van der Waals surface area contributed by atoms with E-state index < -0.39 is 0 Å². The van der Waals surface area contributed by atoms with Gasteiger partial charge in [0.25, 0.3) is 0 Å². The molecule has 1 atom stereocenters. The highest BCUT2D eigenvalue weighted by Crippen LogP contribution is 2.16. The summed E-state index contributed by atoms with van der Waals surface area (Å²) >= 11 is 5.85. The van der Waals surface area contributed by atoms with Crippen molar-refractivity contribution < 1.29 is 9.53 Å². The van der Waals surface area contributed by atoms with Crippen molar-refractivity contribution in [3.8, 4) is 6.01 Å². The number of halogens is 1. The first kappa shape index (κ1) is 14.8. The van der Waals surface area contributed by atoms with Crippen molar-refractivity contribution in [2.75, 3.05) is 25.5 Å². The average molecular weight is 300 g/mol. The molecule has 1 aliphatic heterocycles. The third kappa shape index (κ3) is 3.93. The van der Waals surface area contributed by atoms with E-state index in [1.807, 2.05) is 6.92 Å². The van der Waals surface area contributed by atoms with E-state index in [2.05, 4.69) is 20.3 Å². The van der Waals surface area contributed by atoms with Crippen LogP contribution in [0.5, 0.6) is 6.01 Å².